The summed E-state index contributed by atoms with van der Waals surface area (Å²) in [7, 11) is 0. The number of carbonyl (C=O) groups excluding carboxylic acids is 3. The molecule has 0 unspecified atom stereocenters. The van der Waals surface area contributed by atoms with E-state index in [1.54, 1.807) is 49.4 Å². The second-order valence-electron chi connectivity index (χ2n) is 7.13. The Morgan fingerprint density at radius 3 is 2.35 bits per heavy atom. The SMILES string of the molecule is CCNC(=O)NC(=O)[C@H](OC(=O)c1ccc(CN2CCOCC2)cc1)c1ccccc1. The highest BCUT2D eigenvalue weighted by molar-refractivity contribution is 5.99. The molecule has 31 heavy (non-hydrogen) atoms. The van der Waals surface area contributed by atoms with Crippen LogP contribution in [0.3, 0.4) is 0 Å². The number of nitrogens with zero attached hydrogens (tertiary/aromatic N) is 1. The summed E-state index contributed by atoms with van der Waals surface area (Å²) in [6, 6.07) is 15.1. The van der Waals surface area contributed by atoms with Gasteiger partial charge >= 0.3 is 12.0 Å². The standard InChI is InChI=1S/C23H27N3O5/c1-2-24-23(29)25-21(27)20(18-6-4-3-5-7-18)31-22(28)19-10-8-17(9-11-19)16-26-12-14-30-15-13-26/h3-11,20H,2,12-16H2,1H3,(H2,24,25,27,29)/t20-/m1/s1. The van der Waals surface area contributed by atoms with Gasteiger partial charge in [0.2, 0.25) is 6.10 Å². The Balaban J connectivity index is 1.67. The number of urea groups is 1. The molecule has 164 valence electrons. The van der Waals surface area contributed by atoms with E-state index in [4.69, 9.17) is 9.47 Å². The Kier molecular flexibility index (Phi) is 8.14. The van der Waals surface area contributed by atoms with E-state index in [9.17, 15) is 14.4 Å². The van der Waals surface area contributed by atoms with Gasteiger partial charge in [0.15, 0.2) is 0 Å². The third-order valence-corrected chi connectivity index (χ3v) is 4.84. The summed E-state index contributed by atoms with van der Waals surface area (Å²) in [6.45, 7) is 6.09. The molecule has 1 aliphatic rings. The number of imide groups is 1. The number of hydrogen-bond acceptors (Lipinski definition) is 6. The van der Waals surface area contributed by atoms with Crippen LogP contribution < -0.4 is 10.6 Å². The van der Waals surface area contributed by atoms with Gasteiger partial charge in [0.1, 0.15) is 0 Å². The number of esters is 1. The summed E-state index contributed by atoms with van der Waals surface area (Å²) in [6.07, 6.45) is -1.25. The van der Waals surface area contributed by atoms with E-state index in [1.807, 2.05) is 12.1 Å². The number of nitrogens with one attached hydrogen (secondary N) is 2. The van der Waals surface area contributed by atoms with Crippen LogP contribution in [0.1, 0.15) is 34.5 Å². The molecule has 0 radical (unpaired) electrons. The third kappa shape index (κ3) is 6.63. The van der Waals surface area contributed by atoms with Crippen molar-refractivity contribution >= 4 is 17.9 Å². The van der Waals surface area contributed by atoms with Crippen molar-refractivity contribution in [2.24, 2.45) is 0 Å². The highest BCUT2D eigenvalue weighted by atomic mass is 16.5. The zero-order valence-corrected chi connectivity index (χ0v) is 17.5. The van der Waals surface area contributed by atoms with E-state index in [0.29, 0.717) is 17.7 Å². The van der Waals surface area contributed by atoms with Crippen molar-refractivity contribution in [1.29, 1.82) is 0 Å². The molecular formula is C23H27N3O5. The van der Waals surface area contributed by atoms with Gasteiger partial charge < -0.3 is 14.8 Å². The summed E-state index contributed by atoms with van der Waals surface area (Å²) in [5.41, 5.74) is 1.88. The molecule has 2 N–H and O–H groups in total. The Bertz CT molecular complexity index is 880. The zero-order chi connectivity index (χ0) is 22.1. The second kappa shape index (κ2) is 11.2. The molecule has 8 heteroatoms. The Morgan fingerprint density at radius 2 is 1.71 bits per heavy atom. The van der Waals surface area contributed by atoms with E-state index < -0.39 is 24.0 Å². The Hall–Kier alpha value is -3.23. The van der Waals surface area contributed by atoms with E-state index in [2.05, 4.69) is 15.5 Å². The molecule has 1 atom stereocenters. The maximum Gasteiger partial charge on any atom is 0.339 e. The maximum atomic E-state index is 12.7. The molecule has 1 aliphatic heterocycles. The Labute approximate surface area is 181 Å². The molecule has 2 aromatic rings. The molecule has 2 aromatic carbocycles. The molecule has 3 rings (SSSR count). The second-order valence-corrected chi connectivity index (χ2v) is 7.13. The van der Waals surface area contributed by atoms with Gasteiger partial charge in [-0.3, -0.25) is 15.0 Å². The molecule has 0 spiro atoms. The van der Waals surface area contributed by atoms with Crippen LogP contribution in [-0.4, -0.2) is 55.7 Å². The van der Waals surface area contributed by atoms with Crippen molar-refractivity contribution in [3.63, 3.8) is 0 Å². The van der Waals surface area contributed by atoms with E-state index in [-0.39, 0.29) is 0 Å². The minimum Gasteiger partial charge on any atom is -0.444 e. The quantitative estimate of drug-likeness (QED) is 0.661. The van der Waals surface area contributed by atoms with Crippen molar-refractivity contribution < 1.29 is 23.9 Å². The van der Waals surface area contributed by atoms with Gasteiger partial charge in [0, 0.05) is 31.7 Å². The van der Waals surface area contributed by atoms with Crippen molar-refractivity contribution in [3.8, 4) is 0 Å². The minimum atomic E-state index is -1.25. The molecule has 0 saturated carbocycles. The smallest absolute Gasteiger partial charge is 0.339 e. The van der Waals surface area contributed by atoms with Crippen molar-refractivity contribution in [3.05, 3.63) is 71.3 Å². The van der Waals surface area contributed by atoms with Crippen LogP contribution in [0, 0.1) is 0 Å². The van der Waals surface area contributed by atoms with E-state index in [0.717, 1.165) is 38.4 Å². The highest BCUT2D eigenvalue weighted by Gasteiger charge is 2.27. The maximum absolute atomic E-state index is 12.7. The first-order valence-corrected chi connectivity index (χ1v) is 10.3. The fourth-order valence-electron chi connectivity index (χ4n) is 3.22. The number of ether oxygens (including phenoxy) is 2. The number of morpholine rings is 1. The largest absolute Gasteiger partial charge is 0.444 e. The van der Waals surface area contributed by atoms with Gasteiger partial charge in [-0.05, 0) is 24.6 Å². The van der Waals surface area contributed by atoms with Gasteiger partial charge in [-0.15, -0.1) is 0 Å². The Morgan fingerprint density at radius 1 is 1.03 bits per heavy atom. The first kappa shape index (κ1) is 22.5. The lowest BCUT2D eigenvalue weighted by Gasteiger charge is -2.26. The molecule has 0 aromatic heterocycles. The topological polar surface area (TPSA) is 97.0 Å². The summed E-state index contributed by atoms with van der Waals surface area (Å²) in [5.74, 6) is -1.35. The lowest BCUT2D eigenvalue weighted by Crippen LogP contribution is -2.42. The van der Waals surface area contributed by atoms with Crippen LogP contribution in [0.4, 0.5) is 4.79 Å². The molecule has 1 saturated heterocycles. The monoisotopic (exact) mass is 425 g/mol. The predicted octanol–water partition coefficient (Wildman–Crippen LogP) is 2.26. The zero-order valence-electron chi connectivity index (χ0n) is 17.5. The fourth-order valence-corrected chi connectivity index (χ4v) is 3.22. The van der Waals surface area contributed by atoms with E-state index >= 15 is 0 Å². The van der Waals surface area contributed by atoms with Crippen LogP contribution in [0.25, 0.3) is 0 Å². The van der Waals surface area contributed by atoms with Gasteiger partial charge in [0.25, 0.3) is 5.91 Å². The molecule has 0 aliphatic carbocycles. The number of hydrogen-bond donors (Lipinski definition) is 2. The molecule has 8 nitrogen and oxygen atoms in total. The fraction of sp³-hybridized carbons (Fsp3) is 0.348. The van der Waals surface area contributed by atoms with Crippen LogP contribution in [0.15, 0.2) is 54.6 Å². The number of benzene rings is 2. The summed E-state index contributed by atoms with van der Waals surface area (Å²) < 4.78 is 10.9. The van der Waals surface area contributed by atoms with Crippen LogP contribution in [0.2, 0.25) is 0 Å². The van der Waals surface area contributed by atoms with Gasteiger partial charge in [-0.25, -0.2) is 9.59 Å². The number of rotatable bonds is 7. The summed E-state index contributed by atoms with van der Waals surface area (Å²) in [5, 5.41) is 4.69. The van der Waals surface area contributed by atoms with E-state index in [1.165, 1.54) is 0 Å². The number of carbonyl (C=O) groups is 3. The lowest BCUT2D eigenvalue weighted by atomic mass is 10.1. The van der Waals surface area contributed by atoms with Crippen molar-refractivity contribution in [2.75, 3.05) is 32.8 Å². The first-order chi connectivity index (χ1) is 15.1. The van der Waals surface area contributed by atoms with Crippen molar-refractivity contribution in [2.45, 2.75) is 19.6 Å². The first-order valence-electron chi connectivity index (χ1n) is 10.3. The van der Waals surface area contributed by atoms with Crippen LogP contribution in [0.5, 0.6) is 0 Å². The predicted molar refractivity (Wildman–Crippen MR) is 114 cm³/mol. The summed E-state index contributed by atoms with van der Waals surface area (Å²) in [4.78, 5) is 39.4. The van der Waals surface area contributed by atoms with Gasteiger partial charge in [-0.2, -0.15) is 0 Å². The average molecular weight is 425 g/mol. The third-order valence-electron chi connectivity index (χ3n) is 4.84. The molecule has 3 amide bonds. The average Bonchev–Trinajstić information content (AvgIpc) is 2.79. The summed E-state index contributed by atoms with van der Waals surface area (Å²) >= 11 is 0. The lowest BCUT2D eigenvalue weighted by molar-refractivity contribution is -0.129. The van der Waals surface area contributed by atoms with Gasteiger partial charge in [0.05, 0.1) is 18.8 Å². The van der Waals surface area contributed by atoms with Gasteiger partial charge in [-0.1, -0.05) is 42.5 Å². The van der Waals surface area contributed by atoms with Crippen molar-refractivity contribution in [1.82, 2.24) is 15.5 Å². The molecule has 1 heterocycles. The molecule has 0 bridgehead atoms. The van der Waals surface area contributed by atoms with Crippen LogP contribution in [-0.2, 0) is 20.8 Å². The minimum absolute atomic E-state index is 0.331. The number of amides is 3. The molecule has 1 fully saturated rings. The highest BCUT2D eigenvalue weighted by Crippen LogP contribution is 2.20. The van der Waals surface area contributed by atoms with Crippen LogP contribution >= 0.6 is 0 Å². The normalized spacial score (nSPS) is 15.0. The molecular weight excluding hydrogens is 398 g/mol.